The number of amides is 1. The molecule has 2 aliphatic heterocycles. The molecule has 2 saturated heterocycles. The minimum absolute atomic E-state index is 0. The van der Waals surface area contributed by atoms with E-state index in [1.165, 1.54) is 12.1 Å². The lowest BCUT2D eigenvalue weighted by molar-refractivity contribution is -0.126. The molecule has 0 saturated carbocycles. The Morgan fingerprint density at radius 3 is 2.76 bits per heavy atom. The summed E-state index contributed by atoms with van der Waals surface area (Å²) < 4.78 is 44.5. The number of benzene rings is 1. The minimum Gasteiger partial charge on any atom is -0.364 e. The van der Waals surface area contributed by atoms with E-state index in [4.69, 9.17) is 10.5 Å². The number of carbonyl (C=O) groups is 1. The highest BCUT2D eigenvalue weighted by atomic mass is 35.5. The van der Waals surface area contributed by atoms with Crippen molar-refractivity contribution in [3.63, 3.8) is 0 Å². The van der Waals surface area contributed by atoms with Crippen LogP contribution in [-0.2, 0) is 19.6 Å². The van der Waals surface area contributed by atoms with Gasteiger partial charge in [-0.15, -0.1) is 12.4 Å². The first-order chi connectivity index (χ1) is 11.4. The fourth-order valence-electron chi connectivity index (χ4n) is 2.99. The van der Waals surface area contributed by atoms with Gasteiger partial charge in [-0.3, -0.25) is 9.10 Å². The number of hydrogen-bond acceptors (Lipinski definition) is 5. The maximum Gasteiger partial charge on any atom is 0.253 e. The average molecular weight is 394 g/mol. The minimum atomic E-state index is -3.49. The van der Waals surface area contributed by atoms with Crippen molar-refractivity contribution in [2.75, 3.05) is 28.5 Å². The maximum atomic E-state index is 14.0. The zero-order valence-electron chi connectivity index (χ0n) is 13.5. The van der Waals surface area contributed by atoms with E-state index in [0.29, 0.717) is 25.1 Å². The van der Waals surface area contributed by atoms with Gasteiger partial charge in [0.05, 0.1) is 17.5 Å². The molecule has 0 aromatic heterocycles. The Balaban J connectivity index is 0.00000225. The average Bonchev–Trinajstić information content (AvgIpc) is 3.15. The molecule has 0 bridgehead atoms. The van der Waals surface area contributed by atoms with Crippen molar-refractivity contribution in [3.8, 4) is 0 Å². The van der Waals surface area contributed by atoms with Crippen LogP contribution < -0.4 is 15.4 Å². The second-order valence-corrected chi connectivity index (χ2v) is 7.97. The first kappa shape index (κ1) is 19.9. The Bertz CT molecular complexity index is 746. The van der Waals surface area contributed by atoms with Gasteiger partial charge in [0.1, 0.15) is 11.9 Å². The third kappa shape index (κ3) is 4.22. The summed E-state index contributed by atoms with van der Waals surface area (Å²) in [7, 11) is -3.49. The molecule has 10 heteroatoms. The highest BCUT2D eigenvalue weighted by molar-refractivity contribution is 7.93. The molecule has 2 fully saturated rings. The molecule has 3 rings (SSSR count). The summed E-state index contributed by atoms with van der Waals surface area (Å²) >= 11 is 0. The molecule has 1 aromatic carbocycles. The van der Waals surface area contributed by atoms with Crippen molar-refractivity contribution in [2.45, 2.75) is 31.5 Å². The van der Waals surface area contributed by atoms with Crippen LogP contribution in [0.15, 0.2) is 18.2 Å². The number of nitrogens with zero attached hydrogens (tertiary/aromatic N) is 1. The Labute approximate surface area is 152 Å². The molecule has 0 radical (unpaired) electrons. The lowest BCUT2D eigenvalue weighted by Crippen LogP contribution is -2.30. The SMILES string of the molecule is Cl.NC[C@H]1CC[C@@H](C(=O)Nc2ccc(F)c(N3CCCS3(=O)=O)c2)O1. The number of sulfonamides is 1. The Morgan fingerprint density at radius 2 is 2.16 bits per heavy atom. The van der Waals surface area contributed by atoms with E-state index in [2.05, 4.69) is 5.32 Å². The first-order valence-corrected chi connectivity index (χ1v) is 9.48. The summed E-state index contributed by atoms with van der Waals surface area (Å²) in [6.45, 7) is 0.595. The van der Waals surface area contributed by atoms with Crippen LogP contribution in [0.4, 0.5) is 15.8 Å². The maximum absolute atomic E-state index is 14.0. The number of carbonyl (C=O) groups excluding carboxylic acids is 1. The molecule has 1 aromatic rings. The van der Waals surface area contributed by atoms with Crippen molar-refractivity contribution in [3.05, 3.63) is 24.0 Å². The third-order valence-corrected chi connectivity index (χ3v) is 6.10. The summed E-state index contributed by atoms with van der Waals surface area (Å²) in [6, 6.07) is 3.89. The van der Waals surface area contributed by atoms with Crippen LogP contribution in [-0.4, -0.2) is 45.4 Å². The largest absolute Gasteiger partial charge is 0.364 e. The van der Waals surface area contributed by atoms with E-state index in [-0.39, 0.29) is 42.4 Å². The molecule has 2 heterocycles. The highest BCUT2D eigenvalue weighted by Crippen LogP contribution is 2.30. The number of nitrogens with one attached hydrogen (secondary N) is 1. The summed E-state index contributed by atoms with van der Waals surface area (Å²) in [5.41, 5.74) is 5.81. The number of halogens is 2. The van der Waals surface area contributed by atoms with Gasteiger partial charge in [-0.05, 0) is 37.5 Å². The molecule has 140 valence electrons. The van der Waals surface area contributed by atoms with Crippen LogP contribution in [0.25, 0.3) is 0 Å². The molecule has 2 aliphatic rings. The standard InChI is InChI=1S/C15H20FN3O4S.ClH/c16-12-4-2-10(8-13(12)19-6-1-7-24(19,21)22)18-15(20)14-5-3-11(9-17)23-14;/h2,4,8,11,14H,1,3,5-7,9,17H2,(H,18,20);1H/t11-,14+;/m1./s1. The van der Waals surface area contributed by atoms with Gasteiger partial charge in [-0.25, -0.2) is 12.8 Å². The van der Waals surface area contributed by atoms with Gasteiger partial charge in [0.25, 0.3) is 5.91 Å². The topological polar surface area (TPSA) is 102 Å². The van der Waals surface area contributed by atoms with E-state index in [9.17, 15) is 17.6 Å². The number of hydrogen-bond donors (Lipinski definition) is 2. The van der Waals surface area contributed by atoms with Crippen molar-refractivity contribution in [1.82, 2.24) is 0 Å². The van der Waals surface area contributed by atoms with Gasteiger partial charge in [-0.2, -0.15) is 0 Å². The van der Waals surface area contributed by atoms with Crippen molar-refractivity contribution in [1.29, 1.82) is 0 Å². The van der Waals surface area contributed by atoms with Crippen LogP contribution >= 0.6 is 12.4 Å². The molecule has 0 spiro atoms. The monoisotopic (exact) mass is 393 g/mol. The number of ether oxygens (including phenoxy) is 1. The number of nitrogens with two attached hydrogens (primary N) is 1. The summed E-state index contributed by atoms with van der Waals surface area (Å²) in [5, 5.41) is 2.65. The third-order valence-electron chi connectivity index (χ3n) is 4.24. The van der Waals surface area contributed by atoms with Gasteiger partial charge in [0.2, 0.25) is 10.0 Å². The Kier molecular flexibility index (Phi) is 6.26. The molecular weight excluding hydrogens is 373 g/mol. The van der Waals surface area contributed by atoms with Crippen LogP contribution in [0.1, 0.15) is 19.3 Å². The van der Waals surface area contributed by atoms with Gasteiger partial charge < -0.3 is 15.8 Å². The first-order valence-electron chi connectivity index (χ1n) is 7.87. The predicted octanol–water partition coefficient (Wildman–Crippen LogP) is 1.23. The van der Waals surface area contributed by atoms with Gasteiger partial charge in [0, 0.05) is 18.8 Å². The predicted molar refractivity (Wildman–Crippen MR) is 95.0 cm³/mol. The summed E-state index contributed by atoms with van der Waals surface area (Å²) in [5.74, 6) is -0.981. The lowest BCUT2D eigenvalue weighted by atomic mass is 10.2. The molecule has 1 amide bonds. The summed E-state index contributed by atoms with van der Waals surface area (Å²) in [4.78, 5) is 12.2. The van der Waals surface area contributed by atoms with Crippen LogP contribution in [0.3, 0.4) is 0 Å². The zero-order valence-corrected chi connectivity index (χ0v) is 15.1. The van der Waals surface area contributed by atoms with Gasteiger partial charge >= 0.3 is 0 Å². The van der Waals surface area contributed by atoms with Crippen LogP contribution in [0, 0.1) is 5.82 Å². The van der Waals surface area contributed by atoms with E-state index in [1.807, 2.05) is 0 Å². The Morgan fingerprint density at radius 1 is 1.40 bits per heavy atom. The van der Waals surface area contributed by atoms with Crippen LogP contribution in [0.2, 0.25) is 0 Å². The Hall–Kier alpha value is -1.42. The smallest absolute Gasteiger partial charge is 0.253 e. The second-order valence-electron chi connectivity index (χ2n) is 5.96. The molecule has 7 nitrogen and oxygen atoms in total. The quantitative estimate of drug-likeness (QED) is 0.801. The molecular formula is C15H21ClFN3O4S. The summed E-state index contributed by atoms with van der Waals surface area (Å²) in [6.07, 6.45) is 1.02. The molecule has 25 heavy (non-hydrogen) atoms. The zero-order chi connectivity index (χ0) is 17.3. The normalized spacial score (nSPS) is 24.8. The van der Waals surface area contributed by atoms with Crippen molar-refractivity contribution < 1.29 is 22.3 Å². The van der Waals surface area contributed by atoms with Gasteiger partial charge in [-0.1, -0.05) is 0 Å². The van der Waals surface area contributed by atoms with Gasteiger partial charge in [0.15, 0.2) is 0 Å². The fourth-order valence-corrected chi connectivity index (χ4v) is 4.55. The number of rotatable bonds is 4. The van der Waals surface area contributed by atoms with E-state index in [1.54, 1.807) is 0 Å². The lowest BCUT2D eigenvalue weighted by Gasteiger charge is -2.19. The molecule has 3 N–H and O–H groups in total. The van der Waals surface area contributed by atoms with Crippen LogP contribution in [0.5, 0.6) is 0 Å². The van der Waals surface area contributed by atoms with Crippen molar-refractivity contribution >= 4 is 39.7 Å². The molecule has 0 aliphatic carbocycles. The highest BCUT2D eigenvalue weighted by Gasteiger charge is 2.32. The van der Waals surface area contributed by atoms with Crippen molar-refractivity contribution in [2.24, 2.45) is 5.73 Å². The van der Waals surface area contributed by atoms with E-state index in [0.717, 1.165) is 16.8 Å². The molecule has 0 unspecified atom stereocenters. The molecule has 2 atom stereocenters. The number of anilines is 2. The fraction of sp³-hybridized carbons (Fsp3) is 0.533. The van der Waals surface area contributed by atoms with E-state index >= 15 is 0 Å². The van der Waals surface area contributed by atoms with E-state index < -0.39 is 21.9 Å². The second kappa shape index (κ2) is 7.86.